The van der Waals surface area contributed by atoms with Crippen LogP contribution in [0.15, 0.2) is 22.2 Å². The van der Waals surface area contributed by atoms with E-state index in [2.05, 4.69) is 5.16 Å². The molecule has 0 spiro atoms. The van der Waals surface area contributed by atoms with Crippen molar-refractivity contribution in [3.8, 4) is 0 Å². The molecule has 1 heterocycles. The molecule has 0 bridgehead atoms. The Morgan fingerprint density at radius 1 is 1.28 bits per heavy atom. The molecule has 1 unspecified atom stereocenters. The molecule has 0 N–H and O–H groups in total. The van der Waals surface area contributed by atoms with E-state index in [9.17, 15) is 22.8 Å². The van der Waals surface area contributed by atoms with Crippen LogP contribution >= 0.6 is 11.6 Å². The van der Waals surface area contributed by atoms with Gasteiger partial charge in [0.1, 0.15) is 5.92 Å². The number of hydrogen-bond donors (Lipinski definition) is 0. The fourth-order valence-corrected chi connectivity index (χ4v) is 4.86. The normalized spacial score (nSPS) is 20.5. The second-order valence-corrected chi connectivity index (χ2v) is 9.44. The third kappa shape index (κ3) is 4.26. The highest BCUT2D eigenvalue weighted by Gasteiger charge is 2.39. The molecular weight excluding hydrogens is 422 g/mol. The van der Waals surface area contributed by atoms with Crippen molar-refractivity contribution in [1.82, 2.24) is 0 Å². The summed E-state index contributed by atoms with van der Waals surface area (Å²) in [5.41, 5.74) is 0.225. The molecule has 29 heavy (non-hydrogen) atoms. The lowest BCUT2D eigenvalue weighted by Crippen LogP contribution is -2.35. The Morgan fingerprint density at radius 2 is 1.93 bits per heavy atom. The molecule has 0 radical (unpaired) electrons. The van der Waals surface area contributed by atoms with E-state index in [0.29, 0.717) is 6.42 Å². The Balaban J connectivity index is 2.09. The smallest absolute Gasteiger partial charge is 0.182 e. The summed E-state index contributed by atoms with van der Waals surface area (Å²) < 4.78 is 29.6. The van der Waals surface area contributed by atoms with E-state index >= 15 is 0 Å². The number of benzene rings is 1. The zero-order valence-electron chi connectivity index (χ0n) is 15.9. The highest BCUT2D eigenvalue weighted by molar-refractivity contribution is 7.90. The first-order valence-electron chi connectivity index (χ1n) is 8.99. The second-order valence-electron chi connectivity index (χ2n) is 7.08. The number of oxime groups is 1. The molecule has 1 aliphatic carbocycles. The van der Waals surface area contributed by atoms with Gasteiger partial charge in [-0.25, -0.2) is 8.42 Å². The maximum absolute atomic E-state index is 13.0. The summed E-state index contributed by atoms with van der Waals surface area (Å²) in [6, 6.07) is 2.48. The second kappa shape index (κ2) is 8.33. The van der Waals surface area contributed by atoms with Crippen LogP contribution < -0.4 is 0 Å². The Hall–Kier alpha value is -2.10. The standard InChI is InChI=1S/C19H20ClNO7S/c1-27-9-10-8-12(21-28-10)16-15(29(2,25)26)7-6-11(18(16)20)19(24)17-13(22)4-3-5-14(17)23/h6-7,10,17H,3-5,8-9H2,1-2H3. The maximum Gasteiger partial charge on any atom is 0.182 e. The average molecular weight is 442 g/mol. The summed E-state index contributed by atoms with van der Waals surface area (Å²) in [5, 5.41) is 3.76. The number of sulfone groups is 1. The zero-order chi connectivity index (χ0) is 21.3. The summed E-state index contributed by atoms with van der Waals surface area (Å²) in [6.45, 7) is 0.239. The number of hydrogen-bond acceptors (Lipinski definition) is 8. The van der Waals surface area contributed by atoms with Gasteiger partial charge in [-0.15, -0.1) is 0 Å². The third-order valence-electron chi connectivity index (χ3n) is 4.90. The average Bonchev–Trinajstić information content (AvgIpc) is 3.08. The van der Waals surface area contributed by atoms with Crippen LogP contribution in [0.1, 0.15) is 41.6 Å². The van der Waals surface area contributed by atoms with E-state index in [4.69, 9.17) is 21.2 Å². The molecular formula is C19H20ClNO7S. The molecule has 1 aliphatic heterocycles. The van der Waals surface area contributed by atoms with Gasteiger partial charge in [-0.05, 0) is 18.6 Å². The van der Waals surface area contributed by atoms with Crippen LogP contribution in [0, 0.1) is 5.92 Å². The molecule has 0 saturated heterocycles. The van der Waals surface area contributed by atoms with Crippen molar-refractivity contribution >= 4 is 44.5 Å². The summed E-state index contributed by atoms with van der Waals surface area (Å²) in [5.74, 6) is -3.02. The molecule has 1 atom stereocenters. The quantitative estimate of drug-likeness (QED) is 0.489. The van der Waals surface area contributed by atoms with Crippen LogP contribution in [0.25, 0.3) is 0 Å². The predicted molar refractivity (Wildman–Crippen MR) is 104 cm³/mol. The number of Topliss-reactive ketones (excluding diaryl/α,β-unsaturated/α-hetero) is 3. The number of ketones is 3. The minimum atomic E-state index is -3.71. The number of halogens is 1. The predicted octanol–water partition coefficient (Wildman–Crippen LogP) is 2.00. The molecule has 1 fully saturated rings. The number of ether oxygens (including phenoxy) is 1. The van der Waals surface area contributed by atoms with Crippen molar-refractivity contribution in [3.05, 3.63) is 28.3 Å². The van der Waals surface area contributed by atoms with Gasteiger partial charge in [0.05, 0.1) is 22.2 Å². The first-order chi connectivity index (χ1) is 13.6. The van der Waals surface area contributed by atoms with Crippen LogP contribution in [-0.2, 0) is 29.0 Å². The van der Waals surface area contributed by atoms with Gasteiger partial charge >= 0.3 is 0 Å². The van der Waals surface area contributed by atoms with Gasteiger partial charge in [0, 0.05) is 43.8 Å². The van der Waals surface area contributed by atoms with Crippen molar-refractivity contribution in [3.63, 3.8) is 0 Å². The lowest BCUT2D eigenvalue weighted by molar-refractivity contribution is -0.133. The molecule has 0 amide bonds. The minimum absolute atomic E-state index is 0.0503. The van der Waals surface area contributed by atoms with Gasteiger partial charge < -0.3 is 9.57 Å². The third-order valence-corrected chi connectivity index (χ3v) is 6.43. The summed E-state index contributed by atoms with van der Waals surface area (Å²) >= 11 is 6.46. The molecule has 156 valence electrons. The number of carbonyl (C=O) groups is 3. The fourth-order valence-electron chi connectivity index (χ4n) is 3.53. The lowest BCUT2D eigenvalue weighted by Gasteiger charge is -2.20. The van der Waals surface area contributed by atoms with E-state index in [-0.39, 0.29) is 52.6 Å². The number of methoxy groups -OCH3 is 1. The van der Waals surface area contributed by atoms with Crippen molar-refractivity contribution in [2.75, 3.05) is 20.0 Å². The van der Waals surface area contributed by atoms with E-state index in [0.717, 1.165) is 6.26 Å². The molecule has 10 heteroatoms. The van der Waals surface area contributed by atoms with Gasteiger partial charge in [0.2, 0.25) is 0 Å². The topological polar surface area (TPSA) is 116 Å². The van der Waals surface area contributed by atoms with Gasteiger partial charge in [0.15, 0.2) is 33.3 Å². The van der Waals surface area contributed by atoms with E-state index in [1.165, 1.54) is 19.2 Å². The SMILES string of the molecule is COCC1CC(c2c(S(C)(=O)=O)ccc(C(=O)C3C(=O)CCCC3=O)c2Cl)=NO1. The van der Waals surface area contributed by atoms with Crippen LogP contribution in [0.2, 0.25) is 5.02 Å². The van der Waals surface area contributed by atoms with E-state index in [1.807, 2.05) is 0 Å². The Kier molecular flexibility index (Phi) is 6.21. The van der Waals surface area contributed by atoms with Crippen LogP contribution in [0.4, 0.5) is 0 Å². The van der Waals surface area contributed by atoms with Gasteiger partial charge in [-0.3, -0.25) is 14.4 Å². The summed E-state index contributed by atoms with van der Waals surface area (Å²) in [7, 11) is -2.22. The van der Waals surface area contributed by atoms with Crippen molar-refractivity contribution < 1.29 is 32.4 Å². The largest absolute Gasteiger partial charge is 0.389 e. The highest BCUT2D eigenvalue weighted by atomic mass is 35.5. The van der Waals surface area contributed by atoms with Gasteiger partial charge in [-0.2, -0.15) is 0 Å². The van der Waals surface area contributed by atoms with E-state index < -0.39 is 39.2 Å². The van der Waals surface area contributed by atoms with Crippen LogP contribution in [0.3, 0.4) is 0 Å². The summed E-state index contributed by atoms with van der Waals surface area (Å²) in [4.78, 5) is 42.5. The minimum Gasteiger partial charge on any atom is -0.389 e. The highest BCUT2D eigenvalue weighted by Crippen LogP contribution is 2.34. The lowest BCUT2D eigenvalue weighted by atomic mass is 9.81. The molecule has 1 aromatic rings. The number of rotatable bonds is 6. The van der Waals surface area contributed by atoms with Crippen molar-refractivity contribution in [2.24, 2.45) is 11.1 Å². The molecule has 8 nitrogen and oxygen atoms in total. The first kappa shape index (κ1) is 21.6. The van der Waals surface area contributed by atoms with E-state index in [1.54, 1.807) is 0 Å². The van der Waals surface area contributed by atoms with Gasteiger partial charge in [-0.1, -0.05) is 16.8 Å². The van der Waals surface area contributed by atoms with Gasteiger partial charge in [0.25, 0.3) is 0 Å². The summed E-state index contributed by atoms with van der Waals surface area (Å²) in [6.07, 6.45) is 1.54. The Bertz CT molecular complexity index is 1000. The van der Waals surface area contributed by atoms with Crippen molar-refractivity contribution in [2.45, 2.75) is 36.7 Å². The number of carbonyl (C=O) groups excluding carboxylic acids is 3. The van der Waals surface area contributed by atoms with Crippen molar-refractivity contribution in [1.29, 1.82) is 0 Å². The molecule has 0 aromatic heterocycles. The molecule has 3 rings (SSSR count). The monoisotopic (exact) mass is 441 g/mol. The fraction of sp³-hybridized carbons (Fsp3) is 0.474. The zero-order valence-corrected chi connectivity index (χ0v) is 17.5. The molecule has 1 aromatic carbocycles. The first-order valence-corrected chi connectivity index (χ1v) is 11.3. The van der Waals surface area contributed by atoms with Crippen LogP contribution in [0.5, 0.6) is 0 Å². The van der Waals surface area contributed by atoms with Crippen LogP contribution in [-0.4, -0.2) is 57.6 Å². The molecule has 1 saturated carbocycles. The maximum atomic E-state index is 13.0. The molecule has 2 aliphatic rings. The number of nitrogens with zero attached hydrogens (tertiary/aromatic N) is 1. The Labute approximate surface area is 173 Å². The Morgan fingerprint density at radius 3 is 2.52 bits per heavy atom.